The van der Waals surface area contributed by atoms with Crippen molar-refractivity contribution in [1.82, 2.24) is 5.43 Å². The number of nitrogens with zero attached hydrogens (tertiary/aromatic N) is 1. The maximum Gasteiger partial charge on any atom is 0.379 e. The standard InChI is InChI=1S/C27H20ClN3O5/c1-17-4-6-18(7-5-17)25(32)30-22-11-8-19(9-12-22)26(33)31-29-16-20-15-21(28)10-13-23(20)36-27(34)24-3-2-14-35-24/h2-16H,1H3,(H,30,32)(H,31,33)/b29-16+. The molecule has 0 saturated carbocycles. The van der Waals surface area contributed by atoms with Crippen molar-refractivity contribution in [3.63, 3.8) is 0 Å². The number of rotatable bonds is 7. The fourth-order valence-corrected chi connectivity index (χ4v) is 3.28. The van der Waals surface area contributed by atoms with E-state index in [9.17, 15) is 14.4 Å². The third-order valence-corrected chi connectivity index (χ3v) is 5.22. The molecule has 0 unspecified atom stereocenters. The van der Waals surface area contributed by atoms with Crippen molar-refractivity contribution < 1.29 is 23.5 Å². The number of nitrogens with one attached hydrogen (secondary N) is 2. The van der Waals surface area contributed by atoms with Crippen LogP contribution in [0.25, 0.3) is 0 Å². The van der Waals surface area contributed by atoms with Crippen molar-refractivity contribution in [2.24, 2.45) is 5.10 Å². The number of benzene rings is 3. The zero-order chi connectivity index (χ0) is 25.5. The molecule has 2 N–H and O–H groups in total. The largest absolute Gasteiger partial charge is 0.457 e. The molecule has 0 aliphatic heterocycles. The molecule has 2 amide bonds. The van der Waals surface area contributed by atoms with Gasteiger partial charge in [-0.05, 0) is 73.7 Å². The average molecular weight is 502 g/mol. The van der Waals surface area contributed by atoms with Gasteiger partial charge in [0.25, 0.3) is 11.8 Å². The number of esters is 1. The Kier molecular flexibility index (Phi) is 7.57. The summed E-state index contributed by atoms with van der Waals surface area (Å²) in [5, 5.41) is 7.12. The zero-order valence-corrected chi connectivity index (χ0v) is 19.8. The number of hydrogen-bond donors (Lipinski definition) is 2. The van der Waals surface area contributed by atoms with Crippen LogP contribution in [0.5, 0.6) is 5.75 Å². The number of carbonyl (C=O) groups is 3. The van der Waals surface area contributed by atoms with E-state index < -0.39 is 11.9 Å². The highest BCUT2D eigenvalue weighted by molar-refractivity contribution is 6.31. The molecule has 0 aliphatic carbocycles. The van der Waals surface area contributed by atoms with Crippen LogP contribution in [0, 0.1) is 6.92 Å². The Balaban J connectivity index is 1.37. The second-order valence-corrected chi connectivity index (χ2v) is 8.08. The van der Waals surface area contributed by atoms with Crippen LogP contribution in [0.15, 0.2) is 94.6 Å². The predicted molar refractivity (Wildman–Crippen MR) is 136 cm³/mol. The lowest BCUT2D eigenvalue weighted by atomic mass is 10.1. The lowest BCUT2D eigenvalue weighted by molar-refractivity contribution is 0.0700. The molecular weight excluding hydrogens is 482 g/mol. The summed E-state index contributed by atoms with van der Waals surface area (Å²) in [7, 11) is 0. The van der Waals surface area contributed by atoms with E-state index in [0.29, 0.717) is 27.4 Å². The summed E-state index contributed by atoms with van der Waals surface area (Å²) in [6.45, 7) is 1.95. The highest BCUT2D eigenvalue weighted by Crippen LogP contribution is 2.22. The minimum atomic E-state index is -0.685. The van der Waals surface area contributed by atoms with Gasteiger partial charge in [-0.2, -0.15) is 5.10 Å². The van der Waals surface area contributed by atoms with Gasteiger partial charge in [0.1, 0.15) is 5.75 Å². The first-order chi connectivity index (χ1) is 17.4. The van der Waals surface area contributed by atoms with Gasteiger partial charge in [0.2, 0.25) is 5.76 Å². The Hall–Kier alpha value is -4.69. The molecule has 36 heavy (non-hydrogen) atoms. The van der Waals surface area contributed by atoms with Gasteiger partial charge in [-0.15, -0.1) is 0 Å². The van der Waals surface area contributed by atoms with Crippen molar-refractivity contribution in [1.29, 1.82) is 0 Å². The number of halogens is 1. The molecule has 0 atom stereocenters. The third kappa shape index (κ3) is 6.25. The van der Waals surface area contributed by atoms with Crippen LogP contribution < -0.4 is 15.5 Å². The van der Waals surface area contributed by atoms with E-state index >= 15 is 0 Å². The lowest BCUT2D eigenvalue weighted by Crippen LogP contribution is -2.18. The van der Waals surface area contributed by atoms with Crippen LogP contribution in [-0.4, -0.2) is 24.0 Å². The Morgan fingerprint density at radius 1 is 0.917 bits per heavy atom. The van der Waals surface area contributed by atoms with E-state index in [1.165, 1.54) is 30.7 Å². The molecule has 0 bridgehead atoms. The normalized spacial score (nSPS) is 10.7. The van der Waals surface area contributed by atoms with E-state index in [-0.39, 0.29) is 17.4 Å². The maximum absolute atomic E-state index is 12.5. The first kappa shape index (κ1) is 24.4. The minimum Gasteiger partial charge on any atom is -0.457 e. The van der Waals surface area contributed by atoms with Crippen LogP contribution in [0.4, 0.5) is 5.69 Å². The number of hydrogen-bond acceptors (Lipinski definition) is 6. The average Bonchev–Trinajstić information content (AvgIpc) is 3.42. The molecule has 3 aromatic carbocycles. The molecule has 0 spiro atoms. The number of carbonyl (C=O) groups excluding carboxylic acids is 3. The summed E-state index contributed by atoms with van der Waals surface area (Å²) in [5.41, 5.74) is 5.25. The minimum absolute atomic E-state index is 0.0413. The van der Waals surface area contributed by atoms with Crippen LogP contribution in [0.3, 0.4) is 0 Å². The topological polar surface area (TPSA) is 110 Å². The smallest absolute Gasteiger partial charge is 0.379 e. The molecule has 180 valence electrons. The molecule has 4 aromatic rings. The first-order valence-electron chi connectivity index (χ1n) is 10.8. The maximum atomic E-state index is 12.5. The number of amides is 2. The molecular formula is C27H20ClN3O5. The van der Waals surface area contributed by atoms with Gasteiger partial charge < -0.3 is 14.5 Å². The van der Waals surface area contributed by atoms with Crippen molar-refractivity contribution in [3.05, 3.63) is 118 Å². The predicted octanol–water partition coefficient (Wildman–Crippen LogP) is 5.48. The Morgan fingerprint density at radius 2 is 1.61 bits per heavy atom. The molecule has 8 nitrogen and oxygen atoms in total. The lowest BCUT2D eigenvalue weighted by Gasteiger charge is -2.07. The van der Waals surface area contributed by atoms with Gasteiger partial charge in [0.05, 0.1) is 12.5 Å². The zero-order valence-electron chi connectivity index (χ0n) is 19.0. The monoisotopic (exact) mass is 501 g/mol. The number of hydrazone groups is 1. The molecule has 0 fully saturated rings. The Labute approximate surface area is 211 Å². The highest BCUT2D eigenvalue weighted by Gasteiger charge is 2.14. The van der Waals surface area contributed by atoms with Crippen molar-refractivity contribution >= 4 is 41.3 Å². The van der Waals surface area contributed by atoms with Gasteiger partial charge in [0.15, 0.2) is 0 Å². The van der Waals surface area contributed by atoms with Crippen molar-refractivity contribution in [3.8, 4) is 5.75 Å². The van der Waals surface area contributed by atoms with Crippen LogP contribution in [-0.2, 0) is 0 Å². The number of aryl methyl sites for hydroxylation is 1. The van der Waals surface area contributed by atoms with Gasteiger partial charge >= 0.3 is 5.97 Å². The van der Waals surface area contributed by atoms with E-state index in [1.807, 2.05) is 19.1 Å². The molecule has 1 heterocycles. The number of anilines is 1. The van der Waals surface area contributed by atoms with E-state index in [0.717, 1.165) is 5.56 Å². The Morgan fingerprint density at radius 3 is 2.31 bits per heavy atom. The van der Waals surface area contributed by atoms with E-state index in [2.05, 4.69) is 15.8 Å². The molecule has 0 radical (unpaired) electrons. The van der Waals surface area contributed by atoms with Gasteiger partial charge in [-0.3, -0.25) is 9.59 Å². The van der Waals surface area contributed by atoms with Crippen molar-refractivity contribution in [2.45, 2.75) is 6.92 Å². The fourth-order valence-electron chi connectivity index (χ4n) is 3.10. The molecule has 9 heteroatoms. The van der Waals surface area contributed by atoms with Crippen LogP contribution in [0.2, 0.25) is 5.02 Å². The number of ether oxygens (including phenoxy) is 1. The summed E-state index contributed by atoms with van der Waals surface area (Å²) in [4.78, 5) is 37.0. The van der Waals surface area contributed by atoms with Crippen LogP contribution >= 0.6 is 11.6 Å². The van der Waals surface area contributed by atoms with Crippen LogP contribution in [0.1, 0.15) is 42.4 Å². The Bertz CT molecular complexity index is 1410. The molecule has 0 aliphatic rings. The van der Waals surface area contributed by atoms with Gasteiger partial charge in [-0.25, -0.2) is 10.2 Å². The quantitative estimate of drug-likeness (QED) is 0.151. The number of furan rings is 1. The summed E-state index contributed by atoms with van der Waals surface area (Å²) < 4.78 is 10.4. The summed E-state index contributed by atoms with van der Waals surface area (Å²) in [5.74, 6) is -1.18. The van der Waals surface area contributed by atoms with E-state index in [4.69, 9.17) is 20.8 Å². The first-order valence-corrected chi connectivity index (χ1v) is 11.1. The van der Waals surface area contributed by atoms with Gasteiger partial charge in [-0.1, -0.05) is 29.3 Å². The van der Waals surface area contributed by atoms with Crippen molar-refractivity contribution in [2.75, 3.05) is 5.32 Å². The summed E-state index contributed by atoms with van der Waals surface area (Å²) in [6.07, 6.45) is 2.67. The van der Waals surface area contributed by atoms with Gasteiger partial charge in [0, 0.05) is 27.4 Å². The molecule has 0 saturated heterocycles. The van der Waals surface area contributed by atoms with E-state index in [1.54, 1.807) is 48.5 Å². The second kappa shape index (κ2) is 11.2. The molecule has 4 rings (SSSR count). The second-order valence-electron chi connectivity index (χ2n) is 7.65. The highest BCUT2D eigenvalue weighted by atomic mass is 35.5. The third-order valence-electron chi connectivity index (χ3n) is 4.99. The summed E-state index contributed by atoms with van der Waals surface area (Å²) in [6, 6.07) is 21.2. The fraction of sp³-hybridized carbons (Fsp3) is 0.0370. The SMILES string of the molecule is Cc1ccc(C(=O)Nc2ccc(C(=O)N/N=C/c3cc(Cl)ccc3OC(=O)c3ccco3)cc2)cc1. The summed E-state index contributed by atoms with van der Waals surface area (Å²) >= 11 is 6.05. The molecule has 1 aromatic heterocycles.